The van der Waals surface area contributed by atoms with Crippen molar-refractivity contribution in [3.8, 4) is 5.75 Å². The van der Waals surface area contributed by atoms with E-state index in [1.807, 2.05) is 101 Å². The number of ether oxygens (including phenoxy) is 2. The Balaban J connectivity index is 1.76. The van der Waals surface area contributed by atoms with Gasteiger partial charge in [-0.25, -0.2) is 9.79 Å². The summed E-state index contributed by atoms with van der Waals surface area (Å²) in [6.07, 6.45) is 3.57. The number of nitrogens with zero attached hydrogens (tertiary/aromatic N) is 2. The van der Waals surface area contributed by atoms with Gasteiger partial charge in [-0.05, 0) is 81.5 Å². The molecule has 4 aromatic rings. The zero-order valence-corrected chi connectivity index (χ0v) is 25.1. The van der Waals surface area contributed by atoms with Gasteiger partial charge in [0.2, 0.25) is 0 Å². The Kier molecular flexibility index (Phi) is 8.01. The van der Waals surface area contributed by atoms with Crippen LogP contribution in [0.15, 0.2) is 86.6 Å². The summed E-state index contributed by atoms with van der Waals surface area (Å²) in [6, 6.07) is 19.3. The van der Waals surface area contributed by atoms with Gasteiger partial charge in [0.15, 0.2) is 4.80 Å². The van der Waals surface area contributed by atoms with E-state index in [9.17, 15) is 9.59 Å². The minimum absolute atomic E-state index is 0.0315. The van der Waals surface area contributed by atoms with Crippen LogP contribution in [0, 0.1) is 0 Å². The Hall–Kier alpha value is -3.62. The molecule has 2 heterocycles. The van der Waals surface area contributed by atoms with Crippen molar-refractivity contribution in [3.63, 3.8) is 0 Å². The minimum atomic E-state index is -0.653. The Morgan fingerprint density at radius 1 is 1.02 bits per heavy atom. The number of hydrogen-bond donors (Lipinski definition) is 0. The van der Waals surface area contributed by atoms with E-state index < -0.39 is 12.0 Å². The fourth-order valence-corrected chi connectivity index (χ4v) is 6.31. The van der Waals surface area contributed by atoms with E-state index in [0.717, 1.165) is 26.8 Å². The van der Waals surface area contributed by atoms with Crippen molar-refractivity contribution in [1.29, 1.82) is 0 Å². The van der Waals surface area contributed by atoms with Gasteiger partial charge in [-0.1, -0.05) is 53.8 Å². The lowest BCUT2D eigenvalue weighted by atomic mass is 9.96. The van der Waals surface area contributed by atoms with Crippen molar-refractivity contribution in [3.05, 3.63) is 103 Å². The number of esters is 1. The summed E-state index contributed by atoms with van der Waals surface area (Å²) in [7, 11) is 0. The lowest BCUT2D eigenvalue weighted by molar-refractivity contribution is -0.143. The summed E-state index contributed by atoms with van der Waals surface area (Å²) in [5.41, 5.74) is 2.37. The second kappa shape index (κ2) is 11.5. The molecule has 1 aliphatic heterocycles. The Labute approximate surface area is 241 Å². The first-order valence-corrected chi connectivity index (χ1v) is 15.3. The number of allylic oxidation sites excluding steroid dienone is 1. The minimum Gasteiger partial charge on any atom is -0.490 e. The quantitative estimate of drug-likeness (QED) is 0.205. The topological polar surface area (TPSA) is 69.9 Å². The van der Waals surface area contributed by atoms with Crippen LogP contribution in [0.25, 0.3) is 16.8 Å². The highest BCUT2D eigenvalue weighted by Gasteiger charge is 2.33. The summed E-state index contributed by atoms with van der Waals surface area (Å²) >= 11 is 2.95. The molecule has 0 fully saturated rings. The van der Waals surface area contributed by atoms with Crippen molar-refractivity contribution in [1.82, 2.24) is 4.57 Å². The molecular weight excluding hydrogens is 540 g/mol. The van der Waals surface area contributed by atoms with Crippen LogP contribution in [0.2, 0.25) is 0 Å². The van der Waals surface area contributed by atoms with Gasteiger partial charge in [-0.3, -0.25) is 9.36 Å². The van der Waals surface area contributed by atoms with E-state index in [4.69, 9.17) is 14.5 Å². The summed E-state index contributed by atoms with van der Waals surface area (Å²) in [6.45, 7) is 9.39. The third-order valence-electron chi connectivity index (χ3n) is 6.58. The molecule has 0 N–H and O–H groups in total. The number of aromatic nitrogens is 1. The van der Waals surface area contributed by atoms with E-state index in [0.29, 0.717) is 26.4 Å². The smallest absolute Gasteiger partial charge is 0.338 e. The molecule has 206 valence electrons. The summed E-state index contributed by atoms with van der Waals surface area (Å²) in [4.78, 5) is 33.9. The zero-order chi connectivity index (χ0) is 28.6. The molecule has 8 heteroatoms. The number of carbonyl (C=O) groups excluding carboxylic acids is 1. The fourth-order valence-electron chi connectivity index (χ4n) is 4.87. The van der Waals surface area contributed by atoms with E-state index in [1.165, 1.54) is 11.3 Å². The van der Waals surface area contributed by atoms with E-state index in [1.54, 1.807) is 23.3 Å². The van der Waals surface area contributed by atoms with Crippen LogP contribution in [0.5, 0.6) is 5.75 Å². The highest BCUT2D eigenvalue weighted by atomic mass is 32.2. The molecule has 0 unspecified atom stereocenters. The van der Waals surface area contributed by atoms with Gasteiger partial charge in [-0.15, -0.1) is 11.8 Å². The molecule has 40 heavy (non-hydrogen) atoms. The molecule has 1 aliphatic rings. The first kappa shape index (κ1) is 27.9. The molecule has 0 spiro atoms. The lowest BCUT2D eigenvalue weighted by Gasteiger charge is -2.25. The Morgan fingerprint density at radius 3 is 2.42 bits per heavy atom. The number of benzene rings is 3. The van der Waals surface area contributed by atoms with Crippen LogP contribution in [-0.2, 0) is 9.53 Å². The number of hydrogen-bond acceptors (Lipinski definition) is 7. The van der Waals surface area contributed by atoms with Crippen LogP contribution in [0.1, 0.15) is 51.8 Å². The average molecular weight is 573 g/mol. The molecule has 0 amide bonds. The van der Waals surface area contributed by atoms with Crippen molar-refractivity contribution >= 4 is 45.9 Å². The third-order valence-corrected chi connectivity index (χ3v) is 8.31. The molecule has 6 nitrogen and oxygen atoms in total. The molecule has 0 aliphatic carbocycles. The third kappa shape index (κ3) is 5.38. The first-order chi connectivity index (χ1) is 19.2. The molecule has 0 saturated heterocycles. The Morgan fingerprint density at radius 2 is 1.75 bits per heavy atom. The number of rotatable bonds is 7. The molecule has 0 saturated carbocycles. The predicted molar refractivity (Wildman–Crippen MR) is 163 cm³/mol. The van der Waals surface area contributed by atoms with Gasteiger partial charge in [-0.2, -0.15) is 0 Å². The SMILES string of the molecule is CSc1ccc([C@@H]2C(C(=O)OC(C)C)=C(C)N=c3s/c(=C\c4c(OC(C)C)ccc5ccccc45)c(=O)n32)cc1. The standard InChI is InChI=1S/C32H32N2O4S2/c1-18(2)37-26-16-13-21-9-7-8-10-24(21)25(26)17-27-30(35)34-29(22-11-14-23(39-6)15-12-22)28(31(36)38-19(3)4)20(5)33-32(34)40-27/h7-19,29H,1-6H3/b27-17-/t29-/m1/s1. The second-order valence-corrected chi connectivity index (χ2v) is 12.1. The molecule has 1 aromatic heterocycles. The maximum absolute atomic E-state index is 14.2. The van der Waals surface area contributed by atoms with E-state index in [-0.39, 0.29) is 17.8 Å². The largest absolute Gasteiger partial charge is 0.490 e. The second-order valence-electron chi connectivity index (χ2n) is 10.2. The number of thioether (sulfide) groups is 1. The van der Waals surface area contributed by atoms with Gasteiger partial charge in [0.1, 0.15) is 5.75 Å². The maximum Gasteiger partial charge on any atom is 0.338 e. The van der Waals surface area contributed by atoms with E-state index in [2.05, 4.69) is 0 Å². The van der Waals surface area contributed by atoms with Crippen LogP contribution in [0.3, 0.4) is 0 Å². The first-order valence-electron chi connectivity index (χ1n) is 13.2. The monoisotopic (exact) mass is 572 g/mol. The van der Waals surface area contributed by atoms with Crippen LogP contribution in [-0.4, -0.2) is 29.0 Å². The molecular formula is C32H32N2O4S2. The molecule has 1 atom stereocenters. The van der Waals surface area contributed by atoms with Crippen LogP contribution < -0.4 is 19.6 Å². The van der Waals surface area contributed by atoms with Crippen molar-refractivity contribution < 1.29 is 14.3 Å². The van der Waals surface area contributed by atoms with Crippen LogP contribution in [0.4, 0.5) is 0 Å². The molecule has 0 radical (unpaired) electrons. The summed E-state index contributed by atoms with van der Waals surface area (Å²) in [5, 5.41) is 2.05. The number of carbonyl (C=O) groups is 1. The van der Waals surface area contributed by atoms with Crippen molar-refractivity contribution in [2.45, 2.75) is 57.8 Å². The van der Waals surface area contributed by atoms with Gasteiger partial charge >= 0.3 is 5.97 Å². The van der Waals surface area contributed by atoms with Crippen molar-refractivity contribution in [2.75, 3.05) is 6.26 Å². The number of fused-ring (bicyclic) bond motifs is 2. The normalized spacial score (nSPS) is 15.5. The van der Waals surface area contributed by atoms with Crippen LogP contribution >= 0.6 is 23.1 Å². The summed E-state index contributed by atoms with van der Waals surface area (Å²) in [5.74, 6) is 0.243. The van der Waals surface area contributed by atoms with E-state index >= 15 is 0 Å². The fraction of sp³-hybridized carbons (Fsp3) is 0.281. The highest BCUT2D eigenvalue weighted by molar-refractivity contribution is 7.98. The molecule has 0 bridgehead atoms. The molecule has 5 rings (SSSR count). The Bertz CT molecular complexity index is 1800. The predicted octanol–water partition coefficient (Wildman–Crippen LogP) is 5.85. The van der Waals surface area contributed by atoms with Gasteiger partial charge in [0.05, 0.1) is 34.1 Å². The zero-order valence-electron chi connectivity index (χ0n) is 23.4. The maximum atomic E-state index is 14.2. The van der Waals surface area contributed by atoms with Crippen molar-refractivity contribution in [2.24, 2.45) is 4.99 Å². The summed E-state index contributed by atoms with van der Waals surface area (Å²) < 4.78 is 13.9. The number of thiazole rings is 1. The van der Waals surface area contributed by atoms with Gasteiger partial charge < -0.3 is 9.47 Å². The highest BCUT2D eigenvalue weighted by Crippen LogP contribution is 2.33. The molecule has 3 aromatic carbocycles. The lowest BCUT2D eigenvalue weighted by Crippen LogP contribution is -2.40. The average Bonchev–Trinajstić information content (AvgIpc) is 3.22. The van der Waals surface area contributed by atoms with Gasteiger partial charge in [0.25, 0.3) is 5.56 Å². The van der Waals surface area contributed by atoms with Gasteiger partial charge in [0, 0.05) is 10.5 Å².